The molecule has 18 heavy (non-hydrogen) atoms. The Labute approximate surface area is 109 Å². The van der Waals surface area contributed by atoms with E-state index in [9.17, 15) is 5.11 Å². The zero-order valence-corrected chi connectivity index (χ0v) is 11.0. The van der Waals surface area contributed by atoms with Gasteiger partial charge in [-0.05, 0) is 37.0 Å². The average Bonchev–Trinajstić information content (AvgIpc) is 2.42. The van der Waals surface area contributed by atoms with Gasteiger partial charge in [0.05, 0.1) is 6.10 Å². The largest absolute Gasteiger partial charge is 0.393 e. The Balaban J connectivity index is 2.15. The van der Waals surface area contributed by atoms with Crippen LogP contribution in [0.15, 0.2) is 24.5 Å². The predicted molar refractivity (Wildman–Crippen MR) is 72.1 cm³/mol. The van der Waals surface area contributed by atoms with Crippen LogP contribution >= 0.6 is 0 Å². The molecule has 1 saturated heterocycles. The van der Waals surface area contributed by atoms with E-state index in [1.807, 2.05) is 24.5 Å². The van der Waals surface area contributed by atoms with Gasteiger partial charge in [-0.1, -0.05) is 6.92 Å². The number of aliphatic hydroxyl groups is 1. The fourth-order valence-corrected chi connectivity index (χ4v) is 2.68. The molecule has 4 heteroatoms. The third-order valence-electron chi connectivity index (χ3n) is 3.82. The Morgan fingerprint density at radius 1 is 1.39 bits per heavy atom. The van der Waals surface area contributed by atoms with Crippen LogP contribution < -0.4 is 5.73 Å². The fraction of sp³-hybridized carbons (Fsp3) is 0.643. The Morgan fingerprint density at radius 2 is 2.00 bits per heavy atom. The monoisotopic (exact) mass is 249 g/mol. The number of hydrogen-bond acceptors (Lipinski definition) is 4. The Bertz CT molecular complexity index is 349. The maximum absolute atomic E-state index is 9.61. The topological polar surface area (TPSA) is 62.4 Å². The smallest absolute Gasteiger partial charge is 0.0564 e. The molecule has 2 heterocycles. The number of piperidine rings is 1. The molecule has 0 radical (unpaired) electrons. The Kier molecular flexibility index (Phi) is 4.69. The molecule has 1 fully saturated rings. The molecular formula is C14H23N3O. The van der Waals surface area contributed by atoms with Crippen molar-refractivity contribution < 1.29 is 5.11 Å². The van der Waals surface area contributed by atoms with E-state index in [-0.39, 0.29) is 18.2 Å². The van der Waals surface area contributed by atoms with Crippen LogP contribution in [0.5, 0.6) is 0 Å². The molecule has 0 aromatic carbocycles. The fourth-order valence-electron chi connectivity index (χ4n) is 2.68. The number of nitrogens with two attached hydrogens (primary N) is 1. The molecule has 0 saturated carbocycles. The van der Waals surface area contributed by atoms with Crippen LogP contribution in [0.25, 0.3) is 0 Å². The number of aliphatic hydroxyl groups excluding tert-OH is 1. The summed E-state index contributed by atoms with van der Waals surface area (Å²) in [5.74, 6) is 0. The number of aromatic nitrogens is 1. The minimum atomic E-state index is -0.141. The summed E-state index contributed by atoms with van der Waals surface area (Å²) >= 11 is 0. The van der Waals surface area contributed by atoms with Gasteiger partial charge in [0.2, 0.25) is 0 Å². The normalized spacial score (nSPS) is 21.7. The molecular weight excluding hydrogens is 226 g/mol. The van der Waals surface area contributed by atoms with Crippen LogP contribution in [0.4, 0.5) is 0 Å². The lowest BCUT2D eigenvalue weighted by atomic mass is 9.94. The van der Waals surface area contributed by atoms with Crippen molar-refractivity contribution in [3.63, 3.8) is 0 Å². The number of likely N-dealkylation sites (tertiary alicyclic amines) is 1. The van der Waals surface area contributed by atoms with E-state index in [1.54, 1.807) is 0 Å². The average molecular weight is 249 g/mol. The highest BCUT2D eigenvalue weighted by Crippen LogP contribution is 2.27. The molecule has 100 valence electrons. The molecule has 1 aromatic heterocycles. The highest BCUT2D eigenvalue weighted by Gasteiger charge is 2.28. The van der Waals surface area contributed by atoms with Crippen molar-refractivity contribution in [1.29, 1.82) is 0 Å². The molecule has 2 unspecified atom stereocenters. The summed E-state index contributed by atoms with van der Waals surface area (Å²) in [6, 6.07) is 4.46. The number of pyridine rings is 1. The molecule has 0 amide bonds. The van der Waals surface area contributed by atoms with Gasteiger partial charge in [-0.15, -0.1) is 0 Å². The maximum Gasteiger partial charge on any atom is 0.0564 e. The second-order valence-corrected chi connectivity index (χ2v) is 5.06. The number of hydrogen-bond donors (Lipinski definition) is 2. The van der Waals surface area contributed by atoms with Gasteiger partial charge in [0.1, 0.15) is 0 Å². The third-order valence-corrected chi connectivity index (χ3v) is 3.82. The molecule has 4 nitrogen and oxygen atoms in total. The van der Waals surface area contributed by atoms with Crippen molar-refractivity contribution in [2.24, 2.45) is 5.73 Å². The zero-order chi connectivity index (χ0) is 13.0. The predicted octanol–water partition coefficient (Wildman–Crippen LogP) is 1.32. The van der Waals surface area contributed by atoms with E-state index in [1.165, 1.54) is 5.56 Å². The summed E-state index contributed by atoms with van der Waals surface area (Å²) in [4.78, 5) is 6.47. The van der Waals surface area contributed by atoms with Crippen LogP contribution in [0.3, 0.4) is 0 Å². The summed E-state index contributed by atoms with van der Waals surface area (Å²) in [6.07, 6.45) is 6.15. The summed E-state index contributed by atoms with van der Waals surface area (Å²) in [5, 5.41) is 9.61. The molecule has 2 atom stereocenters. The zero-order valence-electron chi connectivity index (χ0n) is 11.0. The van der Waals surface area contributed by atoms with E-state index in [0.717, 1.165) is 32.4 Å². The van der Waals surface area contributed by atoms with Crippen molar-refractivity contribution >= 4 is 0 Å². The number of rotatable bonds is 4. The minimum absolute atomic E-state index is 0.127. The Morgan fingerprint density at radius 3 is 2.56 bits per heavy atom. The molecule has 1 aliphatic heterocycles. The van der Waals surface area contributed by atoms with Gasteiger partial charge >= 0.3 is 0 Å². The van der Waals surface area contributed by atoms with Crippen LogP contribution in [-0.2, 0) is 0 Å². The SMILES string of the molecule is CCC(N)C(c1ccncc1)N1CCC(O)CC1. The van der Waals surface area contributed by atoms with Crippen molar-refractivity contribution in [2.45, 2.75) is 44.4 Å². The van der Waals surface area contributed by atoms with Crippen LogP contribution in [-0.4, -0.2) is 40.2 Å². The molecule has 0 spiro atoms. The second kappa shape index (κ2) is 6.27. The third kappa shape index (κ3) is 3.07. The summed E-state index contributed by atoms with van der Waals surface area (Å²) < 4.78 is 0. The van der Waals surface area contributed by atoms with Crippen LogP contribution in [0.2, 0.25) is 0 Å². The first-order chi connectivity index (χ1) is 8.72. The van der Waals surface area contributed by atoms with Crippen molar-refractivity contribution in [2.75, 3.05) is 13.1 Å². The van der Waals surface area contributed by atoms with Crippen molar-refractivity contribution in [3.05, 3.63) is 30.1 Å². The summed E-state index contributed by atoms with van der Waals surface area (Å²) in [7, 11) is 0. The van der Waals surface area contributed by atoms with Gasteiger partial charge in [-0.2, -0.15) is 0 Å². The van der Waals surface area contributed by atoms with E-state index >= 15 is 0 Å². The highest BCUT2D eigenvalue weighted by molar-refractivity contribution is 5.17. The maximum atomic E-state index is 9.61. The standard InChI is InChI=1S/C14H23N3O/c1-2-13(15)14(11-3-7-16-8-4-11)17-9-5-12(18)6-10-17/h3-4,7-8,12-14,18H,2,5-6,9-10,15H2,1H3. The molecule has 3 N–H and O–H groups in total. The van der Waals surface area contributed by atoms with Crippen LogP contribution in [0, 0.1) is 0 Å². The van der Waals surface area contributed by atoms with E-state index in [4.69, 9.17) is 5.73 Å². The van der Waals surface area contributed by atoms with Gasteiger partial charge < -0.3 is 10.8 Å². The van der Waals surface area contributed by atoms with Crippen molar-refractivity contribution in [3.8, 4) is 0 Å². The lowest BCUT2D eigenvalue weighted by Gasteiger charge is -2.39. The minimum Gasteiger partial charge on any atom is -0.393 e. The highest BCUT2D eigenvalue weighted by atomic mass is 16.3. The second-order valence-electron chi connectivity index (χ2n) is 5.06. The first kappa shape index (κ1) is 13.5. The number of nitrogens with zero attached hydrogens (tertiary/aromatic N) is 2. The summed E-state index contributed by atoms with van der Waals surface area (Å²) in [5.41, 5.74) is 7.52. The molecule has 0 bridgehead atoms. The molecule has 1 aromatic rings. The van der Waals surface area contributed by atoms with E-state index in [2.05, 4.69) is 16.8 Å². The van der Waals surface area contributed by atoms with Gasteiger partial charge in [0.25, 0.3) is 0 Å². The lowest BCUT2D eigenvalue weighted by Crippen LogP contribution is -2.45. The Hall–Kier alpha value is -0.970. The van der Waals surface area contributed by atoms with E-state index < -0.39 is 0 Å². The first-order valence-electron chi connectivity index (χ1n) is 6.80. The van der Waals surface area contributed by atoms with Crippen LogP contribution in [0.1, 0.15) is 37.8 Å². The molecule has 0 aliphatic carbocycles. The van der Waals surface area contributed by atoms with Gasteiger partial charge in [0.15, 0.2) is 0 Å². The first-order valence-corrected chi connectivity index (χ1v) is 6.80. The molecule has 1 aliphatic rings. The van der Waals surface area contributed by atoms with Gasteiger partial charge in [-0.3, -0.25) is 9.88 Å². The van der Waals surface area contributed by atoms with E-state index in [0.29, 0.717) is 0 Å². The van der Waals surface area contributed by atoms with Gasteiger partial charge in [-0.25, -0.2) is 0 Å². The quantitative estimate of drug-likeness (QED) is 0.844. The summed E-state index contributed by atoms with van der Waals surface area (Å²) in [6.45, 7) is 3.96. The molecule has 2 rings (SSSR count). The lowest BCUT2D eigenvalue weighted by molar-refractivity contribution is 0.0529. The van der Waals surface area contributed by atoms with Gasteiger partial charge in [0, 0.05) is 37.6 Å². The van der Waals surface area contributed by atoms with Crippen molar-refractivity contribution in [1.82, 2.24) is 9.88 Å².